The van der Waals surface area contributed by atoms with E-state index in [9.17, 15) is 4.79 Å². The Morgan fingerprint density at radius 1 is 1.71 bits per heavy atom. The third-order valence-corrected chi connectivity index (χ3v) is 0.175. The van der Waals surface area contributed by atoms with Gasteiger partial charge in [0.15, 0.2) is 0 Å². The van der Waals surface area contributed by atoms with Gasteiger partial charge in [-0.15, -0.1) is 0 Å². The van der Waals surface area contributed by atoms with Crippen LogP contribution in [0.2, 0.25) is 0 Å². The average molecular weight is 343 g/mol. The Bertz CT molecular complexity index is 51.0. The number of carbonyl (C=O) groups is 1. The van der Waals surface area contributed by atoms with Gasteiger partial charge in [-0.1, -0.05) is 0 Å². The summed E-state index contributed by atoms with van der Waals surface area (Å²) in [4.78, 5) is 9.24. The minimum atomic E-state index is -0.968. The van der Waals surface area contributed by atoms with Gasteiger partial charge in [-0.3, -0.25) is 4.79 Å². The molecule has 0 atom stereocenters. The van der Waals surface area contributed by atoms with Crippen molar-refractivity contribution in [2.45, 2.75) is 0 Å². The minimum Gasteiger partial charge on any atom is 0 e. The summed E-state index contributed by atoms with van der Waals surface area (Å²) in [6, 6.07) is 0. The number of aliphatic carboxylic acids is 1. The molecule has 0 aliphatic rings. The van der Waals surface area contributed by atoms with Gasteiger partial charge in [0.05, 0.1) is 6.54 Å². The molecular formula is C2H8BiFeNO2. The summed E-state index contributed by atoms with van der Waals surface area (Å²) in [5.74, 6) is -0.968. The summed E-state index contributed by atoms with van der Waals surface area (Å²) in [6.07, 6.45) is 0. The van der Waals surface area contributed by atoms with Crippen LogP contribution in [-0.4, -0.2) is 43.8 Å². The second-order valence-corrected chi connectivity index (χ2v) is 0.598. The van der Waals surface area contributed by atoms with Crippen molar-refractivity contribution >= 4 is 32.2 Å². The van der Waals surface area contributed by atoms with E-state index in [-0.39, 0.29) is 49.8 Å². The van der Waals surface area contributed by atoms with Crippen molar-refractivity contribution in [1.29, 1.82) is 0 Å². The molecule has 0 unspecified atom stereocenters. The van der Waals surface area contributed by atoms with Gasteiger partial charge in [0.2, 0.25) is 0 Å². The second-order valence-electron chi connectivity index (χ2n) is 0.598. The molecule has 5 heteroatoms. The fourth-order valence-corrected chi connectivity index (χ4v) is 0. The number of nitrogens with two attached hydrogens (primary N) is 1. The Labute approximate surface area is 71.2 Å². The molecule has 0 radical (unpaired) electrons. The Hall–Kier alpha value is 0.833. The van der Waals surface area contributed by atoms with Gasteiger partial charge in [-0.2, -0.15) is 0 Å². The first-order valence-electron chi connectivity index (χ1n) is 1.19. The fraction of sp³-hybridized carbons (Fsp3) is 0.500. The largest absolute Gasteiger partial charge is 0 e. The molecule has 3 N–H and O–H groups in total. The van der Waals surface area contributed by atoms with Crippen LogP contribution in [0, 0.1) is 0 Å². The molecule has 0 saturated heterocycles. The Morgan fingerprint density at radius 3 is 1.86 bits per heavy atom. The normalized spacial score (nSPS) is 5.29. The Balaban J connectivity index is -0.0000000800. The smallest absolute Gasteiger partial charge is 0 e. The molecule has 0 aliphatic heterocycles. The van der Waals surface area contributed by atoms with Crippen LogP contribution < -0.4 is 5.73 Å². The first kappa shape index (κ1) is 15.7. The molecule has 0 heterocycles. The van der Waals surface area contributed by atoms with Crippen molar-refractivity contribution in [3.05, 3.63) is 0 Å². The molecule has 3 nitrogen and oxygen atoms in total. The zero-order valence-corrected chi connectivity index (χ0v) is 10.3. The topological polar surface area (TPSA) is 63.3 Å². The van der Waals surface area contributed by atoms with Crippen molar-refractivity contribution in [2.75, 3.05) is 6.54 Å². The Kier molecular flexibility index (Phi) is 22.3. The van der Waals surface area contributed by atoms with Crippen LogP contribution in [0.4, 0.5) is 0 Å². The summed E-state index contributed by atoms with van der Waals surface area (Å²) in [7, 11) is 0. The minimum absolute atomic E-state index is 0. The summed E-state index contributed by atoms with van der Waals surface area (Å²) in [6.45, 7) is -0.278. The maximum Gasteiger partial charge on any atom is 0 e. The number of carboxylic acids is 1. The average Bonchev–Trinajstić information content (AvgIpc) is 1.38. The van der Waals surface area contributed by atoms with Gasteiger partial charge in [-0.25, -0.2) is 0 Å². The molecule has 46 valence electrons. The van der Waals surface area contributed by atoms with Crippen LogP contribution in [0.25, 0.3) is 0 Å². The fourth-order valence-electron chi connectivity index (χ4n) is 0. The summed E-state index contributed by atoms with van der Waals surface area (Å²) in [5, 5.41) is 7.60. The zero-order chi connectivity index (χ0) is 4.28. The zero-order valence-electron chi connectivity index (χ0n) is 3.70. The SMILES string of the molecule is NCC(=O)O.[BiH3].[Fe]. The van der Waals surface area contributed by atoms with Gasteiger partial charge >= 0.3 is 32.2 Å². The molecule has 0 fully saturated rings. The van der Waals surface area contributed by atoms with Gasteiger partial charge in [0.25, 0.3) is 0 Å². The van der Waals surface area contributed by atoms with Crippen LogP contribution in [0.5, 0.6) is 0 Å². The number of hydrogen-bond donors (Lipinski definition) is 2. The molecule has 0 aromatic heterocycles. The summed E-state index contributed by atoms with van der Waals surface area (Å²) in [5.41, 5.74) is 4.57. The quantitative estimate of drug-likeness (QED) is 0.534. The van der Waals surface area contributed by atoms with Gasteiger partial charge in [-0.05, 0) is 0 Å². The van der Waals surface area contributed by atoms with Crippen molar-refractivity contribution in [3.8, 4) is 0 Å². The van der Waals surface area contributed by atoms with Crippen LogP contribution >= 0.6 is 0 Å². The van der Waals surface area contributed by atoms with Crippen LogP contribution in [0.1, 0.15) is 0 Å². The van der Waals surface area contributed by atoms with Crippen molar-refractivity contribution in [2.24, 2.45) is 5.73 Å². The van der Waals surface area contributed by atoms with E-state index in [0.717, 1.165) is 0 Å². The summed E-state index contributed by atoms with van der Waals surface area (Å²) >= 11 is 0. The molecule has 0 saturated carbocycles. The second kappa shape index (κ2) is 9.95. The first-order chi connectivity index (χ1) is 2.27. The van der Waals surface area contributed by atoms with E-state index in [4.69, 9.17) is 5.11 Å². The number of rotatable bonds is 1. The van der Waals surface area contributed by atoms with Gasteiger partial charge < -0.3 is 10.8 Å². The van der Waals surface area contributed by atoms with Crippen molar-refractivity contribution < 1.29 is 27.0 Å². The molecule has 0 bridgehead atoms. The van der Waals surface area contributed by atoms with Gasteiger partial charge in [0.1, 0.15) is 0 Å². The predicted octanol–water partition coefficient (Wildman–Crippen LogP) is -2.16. The molecule has 0 aromatic carbocycles. The van der Waals surface area contributed by atoms with Crippen LogP contribution in [-0.2, 0) is 21.9 Å². The molecule has 0 aliphatic carbocycles. The standard InChI is InChI=1S/C2H5NO2.Bi.Fe.3H/c3-1-2(4)5;;;;;/h1,3H2,(H,4,5);;;;;. The predicted molar refractivity (Wildman–Crippen MR) is 26.6 cm³/mol. The van der Waals surface area contributed by atoms with E-state index >= 15 is 0 Å². The summed E-state index contributed by atoms with van der Waals surface area (Å²) < 4.78 is 0. The van der Waals surface area contributed by atoms with E-state index < -0.39 is 5.97 Å². The van der Waals surface area contributed by atoms with E-state index in [1.165, 1.54) is 0 Å². The molecule has 0 spiro atoms. The first-order valence-corrected chi connectivity index (χ1v) is 1.19. The molecule has 0 aromatic rings. The maximum atomic E-state index is 9.24. The number of hydrogen-bond acceptors (Lipinski definition) is 2. The maximum absolute atomic E-state index is 9.24. The third-order valence-electron chi connectivity index (χ3n) is 0.175. The molecule has 7 heavy (non-hydrogen) atoms. The van der Waals surface area contributed by atoms with Crippen LogP contribution in [0.15, 0.2) is 0 Å². The molecule has 0 amide bonds. The monoisotopic (exact) mass is 343 g/mol. The van der Waals surface area contributed by atoms with Crippen molar-refractivity contribution in [3.63, 3.8) is 0 Å². The Morgan fingerprint density at radius 2 is 1.86 bits per heavy atom. The molecular weight excluding hydrogens is 335 g/mol. The van der Waals surface area contributed by atoms with E-state index in [0.29, 0.717) is 0 Å². The van der Waals surface area contributed by atoms with Crippen LogP contribution in [0.3, 0.4) is 0 Å². The third kappa shape index (κ3) is 19.9. The molecule has 0 rings (SSSR count). The van der Waals surface area contributed by atoms with Crippen molar-refractivity contribution in [1.82, 2.24) is 0 Å². The number of carboxylic acid groups (broad SMARTS) is 1. The van der Waals surface area contributed by atoms with E-state index in [2.05, 4.69) is 5.73 Å². The van der Waals surface area contributed by atoms with E-state index in [1.807, 2.05) is 0 Å². The van der Waals surface area contributed by atoms with Gasteiger partial charge in [0, 0.05) is 17.1 Å². The van der Waals surface area contributed by atoms with E-state index in [1.54, 1.807) is 0 Å².